The summed E-state index contributed by atoms with van der Waals surface area (Å²) in [5, 5.41) is 3.79. The maximum Gasteiger partial charge on any atom is 0.307 e. The molecular formula is C17H13BrN2O4. The average Bonchev–Trinajstić information content (AvgIpc) is 3.26. The first-order valence-corrected chi connectivity index (χ1v) is 7.84. The van der Waals surface area contributed by atoms with Crippen molar-refractivity contribution in [2.24, 2.45) is 5.10 Å². The van der Waals surface area contributed by atoms with Crippen LogP contribution in [0.5, 0.6) is 5.75 Å². The number of nitrogens with one attached hydrogen (secondary N) is 1. The average molecular weight is 389 g/mol. The van der Waals surface area contributed by atoms with Crippen molar-refractivity contribution in [2.75, 3.05) is 0 Å². The van der Waals surface area contributed by atoms with Gasteiger partial charge in [-0.2, -0.15) is 5.10 Å². The van der Waals surface area contributed by atoms with E-state index in [1.807, 2.05) is 24.3 Å². The van der Waals surface area contributed by atoms with Crippen molar-refractivity contribution in [3.63, 3.8) is 0 Å². The zero-order valence-electron chi connectivity index (χ0n) is 12.4. The van der Waals surface area contributed by atoms with E-state index in [1.54, 1.807) is 24.3 Å². The van der Waals surface area contributed by atoms with Crippen LogP contribution < -0.4 is 10.2 Å². The van der Waals surface area contributed by atoms with Crippen LogP contribution in [0.3, 0.4) is 0 Å². The molecule has 0 unspecified atom stereocenters. The Labute approximate surface area is 146 Å². The summed E-state index contributed by atoms with van der Waals surface area (Å²) in [4.78, 5) is 11.9. The van der Waals surface area contributed by atoms with Gasteiger partial charge in [0.1, 0.15) is 23.9 Å². The predicted octanol–water partition coefficient (Wildman–Crippen LogP) is 3.98. The fraction of sp³-hybridized carbons (Fsp3) is 0.0588. The number of nitrogens with zero attached hydrogens (tertiary/aromatic N) is 1. The summed E-state index contributed by atoms with van der Waals surface area (Å²) >= 11 is 3.40. The van der Waals surface area contributed by atoms with Crippen molar-refractivity contribution >= 4 is 28.1 Å². The molecule has 1 amide bonds. The van der Waals surface area contributed by atoms with Gasteiger partial charge in [0.25, 0.3) is 0 Å². The molecule has 1 N–H and O–H groups in total. The second-order valence-corrected chi connectivity index (χ2v) is 5.55. The van der Waals surface area contributed by atoms with Crippen LogP contribution in [0.25, 0.3) is 0 Å². The van der Waals surface area contributed by atoms with E-state index in [2.05, 4.69) is 26.5 Å². The SMILES string of the molecule is O=C(N/N=C\c1ccco1)c1ccc(COc2ccccc2Br)o1. The monoisotopic (exact) mass is 388 g/mol. The first-order valence-electron chi connectivity index (χ1n) is 7.05. The molecule has 24 heavy (non-hydrogen) atoms. The number of furan rings is 2. The molecule has 7 heteroatoms. The highest BCUT2D eigenvalue weighted by atomic mass is 79.9. The van der Waals surface area contributed by atoms with Crippen LogP contribution in [-0.2, 0) is 6.61 Å². The van der Waals surface area contributed by atoms with Crippen LogP contribution >= 0.6 is 15.9 Å². The molecule has 0 bridgehead atoms. The lowest BCUT2D eigenvalue weighted by atomic mass is 10.3. The first-order chi connectivity index (χ1) is 11.7. The summed E-state index contributed by atoms with van der Waals surface area (Å²) in [5.41, 5.74) is 2.36. The van der Waals surface area contributed by atoms with Gasteiger partial charge in [0.05, 0.1) is 17.0 Å². The van der Waals surface area contributed by atoms with Gasteiger partial charge in [-0.25, -0.2) is 5.43 Å². The number of benzene rings is 1. The summed E-state index contributed by atoms with van der Waals surface area (Å²) < 4.78 is 17.0. The Morgan fingerprint density at radius 2 is 2.08 bits per heavy atom. The minimum absolute atomic E-state index is 0.150. The molecule has 3 rings (SSSR count). The highest BCUT2D eigenvalue weighted by molar-refractivity contribution is 9.10. The van der Waals surface area contributed by atoms with Crippen LogP contribution in [0.2, 0.25) is 0 Å². The number of amides is 1. The topological polar surface area (TPSA) is 77.0 Å². The number of para-hydroxylation sites is 1. The van der Waals surface area contributed by atoms with Gasteiger partial charge in [-0.15, -0.1) is 0 Å². The molecule has 0 atom stereocenters. The van der Waals surface area contributed by atoms with Gasteiger partial charge in [0.2, 0.25) is 0 Å². The number of hydrazone groups is 1. The molecule has 0 saturated heterocycles. The highest BCUT2D eigenvalue weighted by Gasteiger charge is 2.11. The minimum Gasteiger partial charge on any atom is -0.484 e. The van der Waals surface area contributed by atoms with E-state index in [0.29, 0.717) is 17.3 Å². The number of rotatable bonds is 6. The smallest absolute Gasteiger partial charge is 0.307 e. The molecule has 3 aromatic rings. The maximum atomic E-state index is 11.9. The molecule has 6 nitrogen and oxygen atoms in total. The Morgan fingerprint density at radius 3 is 2.88 bits per heavy atom. The second kappa shape index (κ2) is 7.65. The zero-order valence-corrected chi connectivity index (χ0v) is 14.0. The third-order valence-corrected chi connectivity index (χ3v) is 3.65. The third kappa shape index (κ3) is 4.14. The predicted molar refractivity (Wildman–Crippen MR) is 91.0 cm³/mol. The lowest BCUT2D eigenvalue weighted by Gasteiger charge is -2.05. The van der Waals surface area contributed by atoms with Gasteiger partial charge in [-0.3, -0.25) is 4.79 Å². The summed E-state index contributed by atoms with van der Waals surface area (Å²) in [6.45, 7) is 0.214. The first kappa shape index (κ1) is 16.1. The lowest BCUT2D eigenvalue weighted by Crippen LogP contribution is -2.16. The molecule has 0 aliphatic heterocycles. The van der Waals surface area contributed by atoms with E-state index in [4.69, 9.17) is 13.6 Å². The molecule has 2 heterocycles. The number of halogens is 1. The largest absolute Gasteiger partial charge is 0.484 e. The van der Waals surface area contributed by atoms with Crippen molar-refractivity contribution in [2.45, 2.75) is 6.61 Å². The van der Waals surface area contributed by atoms with Gasteiger partial charge in [0, 0.05) is 0 Å². The van der Waals surface area contributed by atoms with Crippen LogP contribution in [-0.4, -0.2) is 12.1 Å². The summed E-state index contributed by atoms with van der Waals surface area (Å²) in [7, 11) is 0. The Hall–Kier alpha value is -2.80. The van der Waals surface area contributed by atoms with E-state index >= 15 is 0 Å². The van der Waals surface area contributed by atoms with Crippen LogP contribution in [0.15, 0.2) is 73.2 Å². The van der Waals surface area contributed by atoms with E-state index in [9.17, 15) is 4.79 Å². The van der Waals surface area contributed by atoms with Crippen molar-refractivity contribution in [3.05, 3.63) is 76.5 Å². The highest BCUT2D eigenvalue weighted by Crippen LogP contribution is 2.24. The molecule has 0 fully saturated rings. The molecule has 0 aliphatic rings. The summed E-state index contributed by atoms with van der Waals surface area (Å²) in [5.74, 6) is 1.47. The molecular weight excluding hydrogens is 376 g/mol. The number of ether oxygens (including phenoxy) is 1. The van der Waals surface area contributed by atoms with E-state index in [1.165, 1.54) is 12.5 Å². The Balaban J connectivity index is 1.55. The second-order valence-electron chi connectivity index (χ2n) is 4.70. The van der Waals surface area contributed by atoms with Gasteiger partial charge in [0.15, 0.2) is 5.76 Å². The van der Waals surface area contributed by atoms with E-state index in [-0.39, 0.29) is 12.4 Å². The van der Waals surface area contributed by atoms with Gasteiger partial charge < -0.3 is 13.6 Å². The number of hydrogen-bond acceptors (Lipinski definition) is 5. The van der Waals surface area contributed by atoms with Crippen LogP contribution in [0.4, 0.5) is 0 Å². The van der Waals surface area contributed by atoms with Crippen molar-refractivity contribution in [1.29, 1.82) is 0 Å². The maximum absolute atomic E-state index is 11.9. The fourth-order valence-electron chi connectivity index (χ4n) is 1.86. The molecule has 0 saturated carbocycles. The van der Waals surface area contributed by atoms with Crippen molar-refractivity contribution in [3.8, 4) is 5.75 Å². The van der Waals surface area contributed by atoms with Gasteiger partial charge in [-0.05, 0) is 52.3 Å². The number of carbonyl (C=O) groups is 1. The number of hydrogen-bond donors (Lipinski definition) is 1. The van der Waals surface area contributed by atoms with Gasteiger partial charge >= 0.3 is 5.91 Å². The quantitative estimate of drug-likeness (QED) is 0.511. The summed E-state index contributed by atoms with van der Waals surface area (Å²) in [6, 6.07) is 14.2. The van der Waals surface area contributed by atoms with E-state index < -0.39 is 5.91 Å². The Bertz CT molecular complexity index is 840. The molecule has 0 spiro atoms. The fourth-order valence-corrected chi connectivity index (χ4v) is 2.26. The normalized spacial score (nSPS) is 10.9. The molecule has 0 aliphatic carbocycles. The lowest BCUT2D eigenvalue weighted by molar-refractivity contribution is 0.0923. The molecule has 1 aromatic carbocycles. The number of carbonyl (C=O) groups excluding carboxylic acids is 1. The Morgan fingerprint density at radius 1 is 1.21 bits per heavy atom. The molecule has 122 valence electrons. The van der Waals surface area contributed by atoms with Gasteiger partial charge in [-0.1, -0.05) is 12.1 Å². The Kier molecular flexibility index (Phi) is 5.12. The van der Waals surface area contributed by atoms with Crippen LogP contribution in [0.1, 0.15) is 22.1 Å². The zero-order chi connectivity index (χ0) is 16.8. The standard InChI is InChI=1S/C17H13BrN2O4/c18-14-5-1-2-6-15(14)23-11-13-7-8-16(24-13)17(21)20-19-10-12-4-3-9-22-12/h1-10H,11H2,(H,20,21)/b19-10-. The van der Waals surface area contributed by atoms with E-state index in [0.717, 1.165) is 4.47 Å². The summed E-state index contributed by atoms with van der Waals surface area (Å²) in [6.07, 6.45) is 2.92. The van der Waals surface area contributed by atoms with Crippen LogP contribution in [0, 0.1) is 0 Å². The molecule has 2 aromatic heterocycles. The molecule has 0 radical (unpaired) electrons. The minimum atomic E-state index is -0.454. The van der Waals surface area contributed by atoms with Crippen molar-refractivity contribution < 1.29 is 18.4 Å². The van der Waals surface area contributed by atoms with Crippen molar-refractivity contribution in [1.82, 2.24) is 5.43 Å². The third-order valence-electron chi connectivity index (χ3n) is 2.99.